The van der Waals surface area contributed by atoms with Crippen molar-refractivity contribution in [3.05, 3.63) is 0 Å². The Kier molecular flexibility index (Phi) is 5.05. The highest BCUT2D eigenvalue weighted by molar-refractivity contribution is 5.71. The summed E-state index contributed by atoms with van der Waals surface area (Å²) in [7, 11) is 0. The maximum atomic E-state index is 11.3. The van der Waals surface area contributed by atoms with Gasteiger partial charge in [0.25, 0.3) is 0 Å². The molecular weight excluding hydrogens is 194 g/mol. The highest BCUT2D eigenvalue weighted by atomic mass is 16.5. The van der Waals surface area contributed by atoms with E-state index in [1.165, 1.54) is 0 Å². The summed E-state index contributed by atoms with van der Waals surface area (Å²) in [4.78, 5) is 13.3. The molecule has 4 nitrogen and oxygen atoms in total. The fraction of sp³-hybridized carbons (Fsp3) is 0.909. The Hall–Kier alpha value is -0.610. The summed E-state index contributed by atoms with van der Waals surface area (Å²) in [6.07, 6.45) is 2.66. The van der Waals surface area contributed by atoms with Crippen LogP contribution in [0.5, 0.6) is 0 Å². The molecule has 0 aliphatic heterocycles. The van der Waals surface area contributed by atoms with E-state index in [2.05, 4.69) is 0 Å². The molecule has 0 heterocycles. The van der Waals surface area contributed by atoms with Crippen molar-refractivity contribution in [3.63, 3.8) is 0 Å². The zero-order valence-corrected chi connectivity index (χ0v) is 9.61. The van der Waals surface area contributed by atoms with Gasteiger partial charge in [-0.15, -0.1) is 0 Å². The lowest BCUT2D eigenvalue weighted by atomic mass is 10.2. The fourth-order valence-corrected chi connectivity index (χ4v) is 1.55. The zero-order chi connectivity index (χ0) is 11.3. The Balaban J connectivity index is 2.33. The first-order valence-corrected chi connectivity index (χ1v) is 5.75. The number of aliphatic hydroxyl groups is 1. The molecule has 1 fully saturated rings. The van der Waals surface area contributed by atoms with Gasteiger partial charge in [0.2, 0.25) is 0 Å². The van der Waals surface area contributed by atoms with E-state index in [4.69, 9.17) is 4.74 Å². The van der Waals surface area contributed by atoms with Gasteiger partial charge in [0, 0.05) is 12.6 Å². The average molecular weight is 215 g/mol. The molecule has 4 heteroatoms. The summed E-state index contributed by atoms with van der Waals surface area (Å²) in [6, 6.07) is 0.482. The topological polar surface area (TPSA) is 49.8 Å². The molecule has 1 saturated carbocycles. The normalized spacial score (nSPS) is 17.9. The number of rotatable bonds is 7. The highest BCUT2D eigenvalue weighted by Crippen LogP contribution is 2.26. The molecule has 1 rings (SSSR count). The van der Waals surface area contributed by atoms with Crippen molar-refractivity contribution >= 4 is 5.97 Å². The lowest BCUT2D eigenvalue weighted by Crippen LogP contribution is -2.38. The summed E-state index contributed by atoms with van der Waals surface area (Å²) in [5.41, 5.74) is 0. The van der Waals surface area contributed by atoms with Gasteiger partial charge in [-0.3, -0.25) is 9.69 Å². The largest absolute Gasteiger partial charge is 0.465 e. The van der Waals surface area contributed by atoms with Crippen LogP contribution < -0.4 is 0 Å². The number of carbonyl (C=O) groups excluding carboxylic acids is 1. The van der Waals surface area contributed by atoms with Gasteiger partial charge in [-0.05, 0) is 26.2 Å². The number of hydrogen-bond acceptors (Lipinski definition) is 4. The smallest absolute Gasteiger partial charge is 0.320 e. The van der Waals surface area contributed by atoms with Crippen molar-refractivity contribution in [1.82, 2.24) is 4.90 Å². The van der Waals surface area contributed by atoms with E-state index in [0.717, 1.165) is 19.3 Å². The molecule has 0 amide bonds. The molecule has 1 aliphatic carbocycles. The van der Waals surface area contributed by atoms with E-state index >= 15 is 0 Å². The molecule has 1 atom stereocenters. The zero-order valence-electron chi connectivity index (χ0n) is 9.61. The van der Waals surface area contributed by atoms with Gasteiger partial charge in [-0.2, -0.15) is 0 Å². The van der Waals surface area contributed by atoms with Gasteiger partial charge in [0.15, 0.2) is 0 Å². The van der Waals surface area contributed by atoms with Crippen molar-refractivity contribution in [3.8, 4) is 0 Å². The van der Waals surface area contributed by atoms with Gasteiger partial charge in [-0.1, -0.05) is 6.92 Å². The Labute approximate surface area is 91.2 Å². The van der Waals surface area contributed by atoms with Crippen LogP contribution in [0.4, 0.5) is 0 Å². The van der Waals surface area contributed by atoms with Crippen molar-refractivity contribution in [1.29, 1.82) is 0 Å². The molecule has 0 radical (unpaired) electrons. The van der Waals surface area contributed by atoms with Gasteiger partial charge < -0.3 is 9.84 Å². The third kappa shape index (κ3) is 4.62. The van der Waals surface area contributed by atoms with Gasteiger partial charge in [0.1, 0.15) is 0 Å². The maximum Gasteiger partial charge on any atom is 0.320 e. The molecular formula is C11H21NO3. The third-order valence-corrected chi connectivity index (χ3v) is 2.62. The third-order valence-electron chi connectivity index (χ3n) is 2.62. The first-order chi connectivity index (χ1) is 7.17. The molecule has 1 aliphatic rings. The van der Waals surface area contributed by atoms with E-state index in [1.54, 1.807) is 6.92 Å². The SMILES string of the molecule is CCOC(=O)CN(CC(O)CC)C1CC1. The second-order valence-corrected chi connectivity index (χ2v) is 4.03. The summed E-state index contributed by atoms with van der Waals surface area (Å²) < 4.78 is 4.90. The summed E-state index contributed by atoms with van der Waals surface area (Å²) >= 11 is 0. The molecule has 0 saturated heterocycles. The molecule has 1 N–H and O–H groups in total. The molecule has 0 aromatic heterocycles. The molecule has 0 spiro atoms. The average Bonchev–Trinajstić information content (AvgIpc) is 3.00. The van der Waals surface area contributed by atoms with Crippen LogP contribution in [0.25, 0.3) is 0 Å². The number of nitrogens with zero attached hydrogens (tertiary/aromatic N) is 1. The summed E-state index contributed by atoms with van der Waals surface area (Å²) in [6.45, 7) is 5.07. The second-order valence-electron chi connectivity index (χ2n) is 4.03. The van der Waals surface area contributed by atoms with E-state index < -0.39 is 0 Å². The van der Waals surface area contributed by atoms with Gasteiger partial charge >= 0.3 is 5.97 Å². The van der Waals surface area contributed by atoms with Crippen LogP contribution in [0, 0.1) is 0 Å². The predicted molar refractivity (Wildman–Crippen MR) is 57.5 cm³/mol. The van der Waals surface area contributed by atoms with Crippen LogP contribution in [0.15, 0.2) is 0 Å². The number of hydrogen-bond donors (Lipinski definition) is 1. The van der Waals surface area contributed by atoms with E-state index in [-0.39, 0.29) is 12.1 Å². The Morgan fingerprint density at radius 2 is 2.20 bits per heavy atom. The molecule has 15 heavy (non-hydrogen) atoms. The van der Waals surface area contributed by atoms with Crippen LogP contribution in [0.1, 0.15) is 33.1 Å². The standard InChI is InChI=1S/C11H21NO3/c1-3-10(13)7-12(9-5-6-9)8-11(14)15-4-2/h9-10,13H,3-8H2,1-2H3. The van der Waals surface area contributed by atoms with E-state index in [1.807, 2.05) is 11.8 Å². The minimum atomic E-state index is -0.333. The van der Waals surface area contributed by atoms with Crippen molar-refractivity contribution in [2.75, 3.05) is 19.7 Å². The monoisotopic (exact) mass is 215 g/mol. The highest BCUT2D eigenvalue weighted by Gasteiger charge is 2.31. The number of carbonyl (C=O) groups is 1. The first kappa shape index (κ1) is 12.5. The molecule has 1 unspecified atom stereocenters. The Morgan fingerprint density at radius 1 is 1.53 bits per heavy atom. The van der Waals surface area contributed by atoms with Gasteiger partial charge in [-0.25, -0.2) is 0 Å². The Morgan fingerprint density at radius 3 is 2.67 bits per heavy atom. The lowest BCUT2D eigenvalue weighted by molar-refractivity contribution is -0.144. The maximum absolute atomic E-state index is 11.3. The second kappa shape index (κ2) is 6.08. The molecule has 0 bridgehead atoms. The molecule has 0 aromatic carbocycles. The van der Waals surface area contributed by atoms with Crippen LogP contribution >= 0.6 is 0 Å². The minimum Gasteiger partial charge on any atom is -0.465 e. The van der Waals surface area contributed by atoms with Crippen LogP contribution in [-0.4, -0.2) is 47.8 Å². The fourth-order valence-electron chi connectivity index (χ4n) is 1.55. The van der Waals surface area contributed by atoms with E-state index in [9.17, 15) is 9.90 Å². The predicted octanol–water partition coefficient (Wildman–Crippen LogP) is 0.785. The number of esters is 1. The van der Waals surface area contributed by atoms with Crippen molar-refractivity contribution < 1.29 is 14.6 Å². The number of ether oxygens (including phenoxy) is 1. The van der Waals surface area contributed by atoms with Crippen molar-refractivity contribution in [2.24, 2.45) is 0 Å². The van der Waals surface area contributed by atoms with Gasteiger partial charge in [0.05, 0.1) is 19.3 Å². The quantitative estimate of drug-likeness (QED) is 0.638. The summed E-state index contributed by atoms with van der Waals surface area (Å²) in [5, 5.41) is 9.55. The first-order valence-electron chi connectivity index (χ1n) is 5.75. The van der Waals surface area contributed by atoms with Crippen molar-refractivity contribution in [2.45, 2.75) is 45.3 Å². The van der Waals surface area contributed by atoms with Crippen LogP contribution in [0.3, 0.4) is 0 Å². The Bertz CT molecular complexity index is 204. The molecule has 0 aromatic rings. The number of aliphatic hydroxyl groups excluding tert-OH is 1. The van der Waals surface area contributed by atoms with Crippen LogP contribution in [0.2, 0.25) is 0 Å². The lowest BCUT2D eigenvalue weighted by Gasteiger charge is -2.23. The van der Waals surface area contributed by atoms with E-state index in [0.29, 0.717) is 25.7 Å². The summed E-state index contributed by atoms with van der Waals surface area (Å²) in [5.74, 6) is -0.187. The minimum absolute atomic E-state index is 0.187. The van der Waals surface area contributed by atoms with Crippen LogP contribution in [-0.2, 0) is 9.53 Å². The molecule has 88 valence electrons.